The molecule has 5 aliphatic rings. The second-order valence-electron chi connectivity index (χ2n) is 15.9. The SMILES string of the molecule is COc1ccc(C23CCC(CN(C(=O)C4CCC(OC(=O)N5CC(CO)C5)CC4)c4cc(-c5cnn(C(C)C)c5)ccn4)(CC2)CC3)cc1C. The maximum atomic E-state index is 14.6. The van der Waals surface area contributed by atoms with Gasteiger partial charge in [0, 0.05) is 62.1 Å². The Morgan fingerprint density at radius 3 is 2.34 bits per heavy atom. The summed E-state index contributed by atoms with van der Waals surface area (Å²) in [5, 5.41) is 13.9. The number of nitrogens with zero attached hydrogens (tertiary/aromatic N) is 5. The highest BCUT2D eigenvalue weighted by molar-refractivity contribution is 5.95. The average Bonchev–Trinajstić information content (AvgIpc) is 3.62. The summed E-state index contributed by atoms with van der Waals surface area (Å²) in [6.07, 6.45) is 14.6. The van der Waals surface area contributed by atoms with Gasteiger partial charge in [0.2, 0.25) is 5.91 Å². The number of pyridine rings is 1. The van der Waals surface area contributed by atoms with E-state index in [0.717, 1.165) is 55.4 Å². The van der Waals surface area contributed by atoms with Gasteiger partial charge in [-0.25, -0.2) is 9.78 Å². The van der Waals surface area contributed by atoms with E-state index in [1.807, 2.05) is 28.0 Å². The van der Waals surface area contributed by atoms with E-state index in [2.05, 4.69) is 56.3 Å². The molecule has 0 unspecified atom stereocenters. The smallest absolute Gasteiger partial charge is 0.410 e. The molecular formula is C40H53N5O5. The molecular weight excluding hydrogens is 630 g/mol. The van der Waals surface area contributed by atoms with Crippen LogP contribution in [-0.4, -0.2) is 76.2 Å². The fourth-order valence-electron chi connectivity index (χ4n) is 8.96. The average molecular weight is 684 g/mol. The number of benzene rings is 1. The van der Waals surface area contributed by atoms with Gasteiger partial charge in [-0.3, -0.25) is 14.4 Å². The number of aliphatic hydroxyl groups excluding tert-OH is 1. The van der Waals surface area contributed by atoms with Crippen LogP contribution in [0.3, 0.4) is 0 Å². The molecule has 8 rings (SSSR count). The second kappa shape index (κ2) is 14.0. The van der Waals surface area contributed by atoms with E-state index >= 15 is 0 Å². The van der Waals surface area contributed by atoms with Crippen molar-refractivity contribution in [2.24, 2.45) is 17.3 Å². The highest BCUT2D eigenvalue weighted by Gasteiger charge is 2.51. The summed E-state index contributed by atoms with van der Waals surface area (Å²) in [6, 6.07) is 11.0. The molecule has 0 spiro atoms. The van der Waals surface area contributed by atoms with E-state index in [4.69, 9.17) is 14.5 Å². The molecule has 2 aromatic heterocycles. The molecule has 5 fully saturated rings. The third kappa shape index (κ3) is 6.75. The van der Waals surface area contributed by atoms with Gasteiger partial charge in [-0.2, -0.15) is 5.10 Å². The maximum Gasteiger partial charge on any atom is 0.410 e. The zero-order valence-electron chi connectivity index (χ0n) is 30.1. The van der Waals surface area contributed by atoms with Crippen LogP contribution < -0.4 is 9.64 Å². The molecule has 10 nitrogen and oxygen atoms in total. The summed E-state index contributed by atoms with van der Waals surface area (Å²) in [4.78, 5) is 35.8. The highest BCUT2D eigenvalue weighted by atomic mass is 16.6. The van der Waals surface area contributed by atoms with Gasteiger partial charge in [-0.1, -0.05) is 12.1 Å². The second-order valence-corrected chi connectivity index (χ2v) is 15.9. The summed E-state index contributed by atoms with van der Waals surface area (Å²) in [5.74, 6) is 1.78. The number of fused-ring (bicyclic) bond motifs is 3. The Morgan fingerprint density at radius 1 is 1.00 bits per heavy atom. The first-order valence-corrected chi connectivity index (χ1v) is 18.6. The number of rotatable bonds is 10. The van der Waals surface area contributed by atoms with Gasteiger partial charge in [0.05, 0.1) is 13.3 Å². The van der Waals surface area contributed by atoms with Gasteiger partial charge in [0.1, 0.15) is 17.7 Å². The minimum Gasteiger partial charge on any atom is -0.496 e. The van der Waals surface area contributed by atoms with Crippen molar-refractivity contribution in [2.45, 2.75) is 103 Å². The molecule has 50 heavy (non-hydrogen) atoms. The van der Waals surface area contributed by atoms with Crippen molar-refractivity contribution in [3.8, 4) is 16.9 Å². The Kier molecular flexibility index (Phi) is 9.67. The molecule has 2 amide bonds. The monoisotopic (exact) mass is 683 g/mol. The van der Waals surface area contributed by atoms with Crippen LogP contribution in [0.4, 0.5) is 10.6 Å². The van der Waals surface area contributed by atoms with Crippen molar-refractivity contribution in [3.63, 3.8) is 0 Å². The predicted octanol–water partition coefficient (Wildman–Crippen LogP) is 7.09. The van der Waals surface area contributed by atoms with Crippen LogP contribution in [0, 0.1) is 24.2 Å². The van der Waals surface area contributed by atoms with Crippen LogP contribution in [0.15, 0.2) is 48.9 Å². The number of hydrogen-bond donors (Lipinski definition) is 1. The summed E-state index contributed by atoms with van der Waals surface area (Å²) >= 11 is 0. The number of likely N-dealkylation sites (tertiary alicyclic amines) is 1. The quantitative estimate of drug-likeness (QED) is 0.243. The van der Waals surface area contributed by atoms with Crippen molar-refractivity contribution >= 4 is 17.8 Å². The van der Waals surface area contributed by atoms with E-state index in [0.29, 0.717) is 51.1 Å². The van der Waals surface area contributed by atoms with E-state index in [1.54, 1.807) is 12.0 Å². The van der Waals surface area contributed by atoms with Crippen LogP contribution in [0.25, 0.3) is 11.1 Å². The third-order valence-corrected chi connectivity index (χ3v) is 12.4. The number of ether oxygens (including phenoxy) is 2. The molecule has 10 heteroatoms. The minimum absolute atomic E-state index is 0.0511. The zero-order chi connectivity index (χ0) is 35.0. The van der Waals surface area contributed by atoms with Crippen LogP contribution in [0.5, 0.6) is 5.75 Å². The van der Waals surface area contributed by atoms with Crippen molar-refractivity contribution in [2.75, 3.05) is 38.3 Å². The maximum absolute atomic E-state index is 14.6. The molecule has 2 bridgehead atoms. The standard InChI is InChI=1S/C40H53N5O5/c1-27(2)45-24-32(21-42-45)31-11-18-41-36(20-31)44(37(47)30-5-8-34(9-6-30)50-38(48)43-22-29(23-43)25-46)26-39-12-15-40(16-13-39,17-14-39)33-7-10-35(49-4)28(3)19-33/h7,10-11,18-21,24,27,29-30,34,46H,5-6,8-9,12-17,22-23,25-26H2,1-4H3. The molecule has 0 radical (unpaired) electrons. The fraction of sp³-hybridized carbons (Fsp3) is 0.600. The number of carbonyl (C=O) groups is 2. The van der Waals surface area contributed by atoms with Crippen molar-refractivity contribution < 1.29 is 24.2 Å². The summed E-state index contributed by atoms with van der Waals surface area (Å²) < 4.78 is 13.3. The largest absolute Gasteiger partial charge is 0.496 e. The summed E-state index contributed by atoms with van der Waals surface area (Å²) in [7, 11) is 1.73. The Balaban J connectivity index is 1.08. The zero-order valence-corrected chi connectivity index (χ0v) is 30.1. The van der Waals surface area contributed by atoms with Crippen LogP contribution >= 0.6 is 0 Å². The molecule has 3 heterocycles. The van der Waals surface area contributed by atoms with E-state index in [9.17, 15) is 14.7 Å². The number of aryl methyl sites for hydroxylation is 1. The Morgan fingerprint density at radius 2 is 1.72 bits per heavy atom. The molecule has 3 aromatic rings. The molecule has 4 aliphatic carbocycles. The highest BCUT2D eigenvalue weighted by Crippen LogP contribution is 2.58. The molecule has 1 aromatic carbocycles. The lowest BCUT2D eigenvalue weighted by atomic mass is 9.51. The Hall–Kier alpha value is -3.92. The first-order chi connectivity index (χ1) is 24.1. The lowest BCUT2D eigenvalue weighted by Crippen LogP contribution is -2.52. The molecule has 1 saturated heterocycles. The summed E-state index contributed by atoms with van der Waals surface area (Å²) in [6.45, 7) is 8.21. The van der Waals surface area contributed by atoms with Gasteiger partial charge in [0.25, 0.3) is 0 Å². The minimum atomic E-state index is -0.303. The van der Waals surface area contributed by atoms with Gasteiger partial charge in [-0.15, -0.1) is 0 Å². The Bertz CT molecular complexity index is 1660. The van der Waals surface area contributed by atoms with Gasteiger partial charge >= 0.3 is 6.09 Å². The molecule has 1 N–H and O–H groups in total. The van der Waals surface area contributed by atoms with E-state index in [1.165, 1.54) is 11.1 Å². The van der Waals surface area contributed by atoms with Crippen molar-refractivity contribution in [1.29, 1.82) is 0 Å². The normalized spacial score (nSPS) is 26.5. The number of aromatic nitrogens is 3. The molecule has 0 atom stereocenters. The van der Waals surface area contributed by atoms with Crippen LogP contribution in [-0.2, 0) is 14.9 Å². The number of amides is 2. The number of anilines is 1. The summed E-state index contributed by atoms with van der Waals surface area (Å²) in [5.41, 5.74) is 4.86. The first kappa shape index (κ1) is 34.5. The van der Waals surface area contributed by atoms with Gasteiger partial charge in [-0.05, 0) is 131 Å². The number of methoxy groups -OCH3 is 1. The predicted molar refractivity (Wildman–Crippen MR) is 192 cm³/mol. The van der Waals surface area contributed by atoms with Crippen LogP contribution in [0.1, 0.15) is 95.2 Å². The Labute approximate surface area is 296 Å². The molecule has 268 valence electrons. The van der Waals surface area contributed by atoms with Gasteiger partial charge in [0.15, 0.2) is 0 Å². The lowest BCUT2D eigenvalue weighted by molar-refractivity contribution is -0.124. The van der Waals surface area contributed by atoms with Crippen LogP contribution in [0.2, 0.25) is 0 Å². The number of hydrogen-bond acceptors (Lipinski definition) is 7. The van der Waals surface area contributed by atoms with E-state index < -0.39 is 0 Å². The topological polar surface area (TPSA) is 110 Å². The molecule has 4 saturated carbocycles. The fourth-order valence-corrected chi connectivity index (χ4v) is 8.96. The van der Waals surface area contributed by atoms with Gasteiger partial charge < -0.3 is 19.5 Å². The van der Waals surface area contributed by atoms with Crippen molar-refractivity contribution in [1.82, 2.24) is 19.7 Å². The third-order valence-electron chi connectivity index (χ3n) is 12.4. The van der Waals surface area contributed by atoms with Crippen molar-refractivity contribution in [3.05, 3.63) is 60.0 Å². The van der Waals surface area contributed by atoms with E-state index in [-0.39, 0.29) is 53.4 Å². The molecule has 1 aliphatic heterocycles. The lowest BCUT2D eigenvalue weighted by Gasteiger charge is -2.55. The number of aliphatic hydroxyl groups is 1. The number of carbonyl (C=O) groups excluding carboxylic acids is 2. The first-order valence-electron chi connectivity index (χ1n) is 18.6.